The molecule has 0 fully saturated rings. The Bertz CT molecular complexity index is 199. The number of nitrogens with zero attached hydrogens (tertiary/aromatic N) is 1. The number of halogens is 1. The average molecular weight is 387 g/mol. The van der Waals surface area contributed by atoms with Crippen molar-refractivity contribution in [1.82, 2.24) is 5.32 Å². The van der Waals surface area contributed by atoms with Crippen LogP contribution >= 0.6 is 35.7 Å². The summed E-state index contributed by atoms with van der Waals surface area (Å²) in [5.74, 6) is 2.60. The molecule has 0 saturated heterocycles. The van der Waals surface area contributed by atoms with Crippen LogP contribution in [0, 0.1) is 5.92 Å². The quantitative estimate of drug-likeness (QED) is 0.261. The molecular weight excluding hydrogens is 357 g/mol. The van der Waals surface area contributed by atoms with Crippen molar-refractivity contribution in [3.05, 3.63) is 0 Å². The number of aliphatic imine (C=N–C) groups is 1. The van der Waals surface area contributed by atoms with Gasteiger partial charge in [0.25, 0.3) is 0 Å². The smallest absolute Gasteiger partial charge is 0.188 e. The lowest BCUT2D eigenvalue weighted by Crippen LogP contribution is -2.33. The first-order valence-corrected chi connectivity index (χ1v) is 8.09. The Balaban J connectivity index is 0. The van der Waals surface area contributed by atoms with Crippen LogP contribution in [-0.4, -0.2) is 31.1 Å². The van der Waals surface area contributed by atoms with Crippen LogP contribution in [0.5, 0.6) is 0 Å². The first kappa shape index (κ1) is 20.7. The Morgan fingerprint density at radius 1 is 1.22 bits per heavy atom. The summed E-state index contributed by atoms with van der Waals surface area (Å²) in [5.41, 5.74) is 5.76. The number of hydrogen-bond donors (Lipinski definition) is 2. The normalized spacial score (nSPS) is 11.4. The van der Waals surface area contributed by atoms with Gasteiger partial charge in [-0.15, -0.1) is 24.0 Å². The van der Waals surface area contributed by atoms with Crippen molar-refractivity contribution in [2.24, 2.45) is 16.6 Å². The van der Waals surface area contributed by atoms with Gasteiger partial charge in [-0.3, -0.25) is 4.99 Å². The third-order valence-electron chi connectivity index (χ3n) is 2.57. The summed E-state index contributed by atoms with van der Waals surface area (Å²) in [6.07, 6.45) is 8.37. The fraction of sp³-hybridized carbons (Fsp3) is 0.923. The van der Waals surface area contributed by atoms with Crippen LogP contribution in [-0.2, 0) is 0 Å². The number of nitrogens with two attached hydrogens (primary N) is 1. The van der Waals surface area contributed by atoms with E-state index >= 15 is 0 Å². The molecule has 0 unspecified atom stereocenters. The van der Waals surface area contributed by atoms with Crippen molar-refractivity contribution in [3.63, 3.8) is 0 Å². The molecule has 0 bridgehead atoms. The predicted molar refractivity (Wildman–Crippen MR) is 96.2 cm³/mol. The number of nitrogens with one attached hydrogen (secondary N) is 1. The summed E-state index contributed by atoms with van der Waals surface area (Å²) >= 11 is 1.92. The maximum Gasteiger partial charge on any atom is 0.188 e. The van der Waals surface area contributed by atoms with Crippen LogP contribution in [0.2, 0.25) is 0 Å². The van der Waals surface area contributed by atoms with E-state index in [-0.39, 0.29) is 24.0 Å². The molecule has 0 aromatic carbocycles. The van der Waals surface area contributed by atoms with Gasteiger partial charge in [0.1, 0.15) is 0 Å². The molecule has 3 nitrogen and oxygen atoms in total. The molecule has 5 heteroatoms. The lowest BCUT2D eigenvalue weighted by atomic mass is 10.1. The van der Waals surface area contributed by atoms with Crippen LogP contribution in [0.1, 0.15) is 46.0 Å². The first-order chi connectivity index (χ1) is 8.16. The van der Waals surface area contributed by atoms with E-state index in [1.165, 1.54) is 25.0 Å². The molecule has 3 N–H and O–H groups in total. The minimum atomic E-state index is 0. The zero-order valence-corrected chi connectivity index (χ0v) is 15.2. The summed E-state index contributed by atoms with van der Waals surface area (Å²) in [7, 11) is 0. The highest BCUT2D eigenvalue weighted by atomic mass is 127. The molecule has 0 aliphatic rings. The molecule has 0 aromatic rings. The van der Waals surface area contributed by atoms with Crippen molar-refractivity contribution in [3.8, 4) is 0 Å². The van der Waals surface area contributed by atoms with Crippen LogP contribution < -0.4 is 11.1 Å². The average Bonchev–Trinajstić information content (AvgIpc) is 2.27. The van der Waals surface area contributed by atoms with Crippen molar-refractivity contribution in [2.45, 2.75) is 46.0 Å². The van der Waals surface area contributed by atoms with E-state index in [1.54, 1.807) is 0 Å². The van der Waals surface area contributed by atoms with Crippen molar-refractivity contribution >= 4 is 41.7 Å². The molecule has 0 aromatic heterocycles. The highest BCUT2D eigenvalue weighted by Crippen LogP contribution is 2.04. The molecule has 0 amide bonds. The lowest BCUT2D eigenvalue weighted by molar-refractivity contribution is 0.576. The van der Waals surface area contributed by atoms with Gasteiger partial charge < -0.3 is 11.1 Å². The second-order valence-corrected chi connectivity index (χ2v) is 5.77. The Kier molecular flexibility index (Phi) is 17.7. The lowest BCUT2D eigenvalue weighted by Gasteiger charge is -2.07. The Morgan fingerprint density at radius 3 is 2.50 bits per heavy atom. The molecule has 0 saturated carbocycles. The van der Waals surface area contributed by atoms with E-state index < -0.39 is 0 Å². The van der Waals surface area contributed by atoms with Gasteiger partial charge >= 0.3 is 0 Å². The highest BCUT2D eigenvalue weighted by molar-refractivity contribution is 14.0. The molecule has 0 aliphatic heterocycles. The van der Waals surface area contributed by atoms with Crippen molar-refractivity contribution in [2.75, 3.05) is 25.1 Å². The molecule has 0 heterocycles. The second kappa shape index (κ2) is 15.4. The summed E-state index contributed by atoms with van der Waals surface area (Å²) in [6.45, 7) is 6.22. The molecule has 0 atom stereocenters. The van der Waals surface area contributed by atoms with Gasteiger partial charge in [-0.2, -0.15) is 11.8 Å². The van der Waals surface area contributed by atoms with Gasteiger partial charge in [0, 0.05) is 13.1 Å². The van der Waals surface area contributed by atoms with Gasteiger partial charge in [-0.1, -0.05) is 26.7 Å². The van der Waals surface area contributed by atoms with Crippen LogP contribution in [0.25, 0.3) is 0 Å². The fourth-order valence-corrected chi connectivity index (χ4v) is 1.95. The van der Waals surface area contributed by atoms with E-state index in [0.717, 1.165) is 25.9 Å². The standard InChI is InChI=1S/C13H29N3S.HI/c1-12(2)8-10-16-13(14)15-9-6-4-5-7-11-17-3;/h12H,4-11H2,1-3H3,(H3,14,15,16);1H. The summed E-state index contributed by atoms with van der Waals surface area (Å²) < 4.78 is 0. The van der Waals surface area contributed by atoms with Gasteiger partial charge in [-0.25, -0.2) is 0 Å². The molecule has 18 heavy (non-hydrogen) atoms. The molecule has 0 spiro atoms. The Hall–Kier alpha value is 0.350. The summed E-state index contributed by atoms with van der Waals surface area (Å²) in [5, 5.41) is 3.15. The minimum absolute atomic E-state index is 0. The molecular formula is C13H30IN3S. The van der Waals surface area contributed by atoms with Gasteiger partial charge in [0.15, 0.2) is 5.96 Å². The van der Waals surface area contributed by atoms with Gasteiger partial charge in [0.05, 0.1) is 0 Å². The van der Waals surface area contributed by atoms with Crippen LogP contribution in [0.15, 0.2) is 4.99 Å². The molecule has 0 aliphatic carbocycles. The summed E-state index contributed by atoms with van der Waals surface area (Å²) in [4.78, 5) is 4.32. The largest absolute Gasteiger partial charge is 0.370 e. The second-order valence-electron chi connectivity index (χ2n) is 4.78. The van der Waals surface area contributed by atoms with E-state index in [9.17, 15) is 0 Å². The monoisotopic (exact) mass is 387 g/mol. The van der Waals surface area contributed by atoms with Crippen molar-refractivity contribution < 1.29 is 0 Å². The zero-order valence-electron chi connectivity index (χ0n) is 12.1. The van der Waals surface area contributed by atoms with E-state index in [1.807, 2.05) is 11.8 Å². The van der Waals surface area contributed by atoms with Crippen LogP contribution in [0.3, 0.4) is 0 Å². The Labute approximate surface area is 134 Å². The number of unbranched alkanes of at least 4 members (excludes halogenated alkanes) is 3. The molecule has 110 valence electrons. The zero-order chi connectivity index (χ0) is 12.9. The third kappa shape index (κ3) is 16.4. The first-order valence-electron chi connectivity index (χ1n) is 6.69. The number of thioether (sulfide) groups is 1. The molecule has 0 rings (SSSR count). The van der Waals surface area contributed by atoms with Gasteiger partial charge in [-0.05, 0) is 37.2 Å². The number of hydrogen-bond acceptors (Lipinski definition) is 2. The minimum Gasteiger partial charge on any atom is -0.370 e. The predicted octanol–water partition coefficient (Wildman–Crippen LogP) is 3.48. The summed E-state index contributed by atoms with van der Waals surface area (Å²) in [6, 6.07) is 0. The Morgan fingerprint density at radius 2 is 1.89 bits per heavy atom. The van der Waals surface area contributed by atoms with Crippen LogP contribution in [0.4, 0.5) is 0 Å². The van der Waals surface area contributed by atoms with E-state index in [0.29, 0.717) is 11.9 Å². The molecule has 0 radical (unpaired) electrons. The number of rotatable bonds is 10. The number of guanidine groups is 1. The topological polar surface area (TPSA) is 50.4 Å². The van der Waals surface area contributed by atoms with E-state index in [2.05, 4.69) is 30.4 Å². The highest BCUT2D eigenvalue weighted by Gasteiger charge is 1.95. The third-order valence-corrected chi connectivity index (χ3v) is 3.26. The maximum atomic E-state index is 5.76. The fourth-order valence-electron chi connectivity index (χ4n) is 1.46. The maximum absolute atomic E-state index is 5.76. The van der Waals surface area contributed by atoms with Gasteiger partial charge in [0.2, 0.25) is 0 Å². The van der Waals surface area contributed by atoms with Crippen molar-refractivity contribution in [1.29, 1.82) is 0 Å². The SMILES string of the molecule is CSCCCCCCN=C(N)NCCC(C)C.I. The van der Waals surface area contributed by atoms with E-state index in [4.69, 9.17) is 5.73 Å².